The summed E-state index contributed by atoms with van der Waals surface area (Å²) in [4.78, 5) is 34.8. The molecule has 0 unspecified atom stereocenters. The van der Waals surface area contributed by atoms with E-state index in [2.05, 4.69) is 0 Å². The fourth-order valence-electron chi connectivity index (χ4n) is 1.25. The average Bonchev–Trinajstić information content (AvgIpc) is 2.21. The molecule has 1 aromatic carbocycles. The van der Waals surface area contributed by atoms with Crippen LogP contribution in [0.1, 0.15) is 26.3 Å². The highest BCUT2D eigenvalue weighted by atomic mass is 16.6. The van der Waals surface area contributed by atoms with Crippen molar-refractivity contribution in [2.45, 2.75) is 32.9 Å². The highest BCUT2D eigenvalue weighted by molar-refractivity contribution is 5.68. The van der Waals surface area contributed by atoms with Gasteiger partial charge in [0, 0.05) is 7.05 Å². The number of hydrogen-bond donors (Lipinski definition) is 1. The molecule has 94 valence electrons. The first-order chi connectivity index (χ1) is 7.63. The van der Waals surface area contributed by atoms with Crippen molar-refractivity contribution in [1.82, 2.24) is 4.90 Å². The SMILES string of the molecule is CN(Cc1c(N)c(=O)c1=O)C(=O)OC(C)(C)C. The van der Waals surface area contributed by atoms with Gasteiger partial charge in [-0.3, -0.25) is 9.59 Å². The summed E-state index contributed by atoms with van der Waals surface area (Å²) in [5, 5.41) is 0. The molecular formula is C11H16N2O4. The molecule has 1 amide bonds. The van der Waals surface area contributed by atoms with Crippen LogP contribution < -0.4 is 16.6 Å². The normalized spacial score (nSPS) is 11.5. The fraction of sp³-hybridized carbons (Fsp3) is 0.545. The predicted molar refractivity (Wildman–Crippen MR) is 63.5 cm³/mol. The Morgan fingerprint density at radius 2 is 1.82 bits per heavy atom. The van der Waals surface area contributed by atoms with E-state index in [-0.39, 0.29) is 17.8 Å². The van der Waals surface area contributed by atoms with Gasteiger partial charge in [-0.15, -0.1) is 0 Å². The van der Waals surface area contributed by atoms with Crippen molar-refractivity contribution >= 4 is 11.8 Å². The Labute approximate surface area is 98.7 Å². The van der Waals surface area contributed by atoms with E-state index in [1.54, 1.807) is 20.8 Å². The Balaban J connectivity index is 2.68. The smallest absolute Gasteiger partial charge is 0.410 e. The van der Waals surface area contributed by atoms with Gasteiger partial charge in [0.2, 0.25) is 10.9 Å². The van der Waals surface area contributed by atoms with E-state index in [1.165, 1.54) is 11.9 Å². The third kappa shape index (κ3) is 2.83. The van der Waals surface area contributed by atoms with Crippen molar-refractivity contribution in [2.75, 3.05) is 12.8 Å². The molecule has 0 aliphatic rings. The molecule has 0 bridgehead atoms. The highest BCUT2D eigenvalue weighted by Crippen LogP contribution is 2.11. The van der Waals surface area contributed by atoms with Crippen LogP contribution in [0.25, 0.3) is 0 Å². The van der Waals surface area contributed by atoms with E-state index in [1.807, 2.05) is 0 Å². The maximum Gasteiger partial charge on any atom is 0.410 e. The lowest BCUT2D eigenvalue weighted by atomic mass is 10.1. The Hall–Kier alpha value is -1.85. The number of carbonyl (C=O) groups is 1. The molecule has 0 aliphatic heterocycles. The second-order valence-corrected chi connectivity index (χ2v) is 4.89. The van der Waals surface area contributed by atoms with Gasteiger partial charge in [-0.05, 0) is 20.8 Å². The van der Waals surface area contributed by atoms with Crippen LogP contribution in [0, 0.1) is 0 Å². The molecule has 0 aromatic heterocycles. The van der Waals surface area contributed by atoms with Gasteiger partial charge in [0.25, 0.3) is 0 Å². The number of hydrogen-bond acceptors (Lipinski definition) is 5. The lowest BCUT2D eigenvalue weighted by Crippen LogP contribution is -2.42. The summed E-state index contributed by atoms with van der Waals surface area (Å²) in [6, 6.07) is 0. The van der Waals surface area contributed by atoms with E-state index in [9.17, 15) is 14.4 Å². The van der Waals surface area contributed by atoms with Gasteiger partial charge in [0.05, 0.1) is 17.8 Å². The first kappa shape index (κ1) is 13.2. The summed E-state index contributed by atoms with van der Waals surface area (Å²) in [5.74, 6) is 0. The van der Waals surface area contributed by atoms with Gasteiger partial charge in [-0.2, -0.15) is 0 Å². The summed E-state index contributed by atoms with van der Waals surface area (Å²) < 4.78 is 5.09. The number of amides is 1. The van der Waals surface area contributed by atoms with E-state index in [4.69, 9.17) is 10.5 Å². The molecular weight excluding hydrogens is 224 g/mol. The summed E-state index contributed by atoms with van der Waals surface area (Å²) >= 11 is 0. The lowest BCUT2D eigenvalue weighted by Gasteiger charge is -2.25. The van der Waals surface area contributed by atoms with Gasteiger partial charge in [-0.1, -0.05) is 0 Å². The minimum absolute atomic E-state index is 0.00861. The lowest BCUT2D eigenvalue weighted by molar-refractivity contribution is 0.0284. The minimum Gasteiger partial charge on any atom is -0.444 e. The topological polar surface area (TPSA) is 89.7 Å². The van der Waals surface area contributed by atoms with Crippen molar-refractivity contribution in [1.29, 1.82) is 0 Å². The standard InChI is InChI=1S/C11H16N2O4/c1-11(2,3)17-10(16)13(4)5-6-7(12)9(15)8(6)14/h5,12H2,1-4H3. The predicted octanol–water partition coefficient (Wildman–Crippen LogP) is 0.232. The molecule has 1 rings (SSSR count). The fourth-order valence-corrected chi connectivity index (χ4v) is 1.25. The molecule has 0 saturated heterocycles. The molecule has 1 aromatic rings. The first-order valence-electron chi connectivity index (χ1n) is 5.15. The quantitative estimate of drug-likeness (QED) is 0.747. The summed E-state index contributed by atoms with van der Waals surface area (Å²) in [7, 11) is 1.48. The van der Waals surface area contributed by atoms with Gasteiger partial charge < -0.3 is 15.4 Å². The van der Waals surface area contributed by atoms with Crippen molar-refractivity contribution in [3.63, 3.8) is 0 Å². The van der Waals surface area contributed by atoms with Crippen LogP contribution in [-0.2, 0) is 11.3 Å². The summed E-state index contributed by atoms with van der Waals surface area (Å²) in [6.07, 6.45) is -0.565. The van der Waals surface area contributed by atoms with E-state index >= 15 is 0 Å². The maximum absolute atomic E-state index is 11.6. The zero-order chi connectivity index (χ0) is 13.4. The number of nitrogens with zero attached hydrogens (tertiary/aromatic N) is 1. The number of nitrogen functional groups attached to an aromatic ring is 1. The number of carbonyl (C=O) groups excluding carboxylic acids is 1. The number of nitrogens with two attached hydrogens (primary N) is 1. The zero-order valence-electron chi connectivity index (χ0n) is 10.4. The van der Waals surface area contributed by atoms with Crippen LogP contribution in [0.5, 0.6) is 0 Å². The highest BCUT2D eigenvalue weighted by Gasteiger charge is 2.24. The molecule has 0 fully saturated rings. The third-order valence-electron chi connectivity index (χ3n) is 2.15. The third-order valence-corrected chi connectivity index (χ3v) is 2.15. The van der Waals surface area contributed by atoms with Gasteiger partial charge >= 0.3 is 6.09 Å². The van der Waals surface area contributed by atoms with Gasteiger partial charge in [0.15, 0.2) is 0 Å². The van der Waals surface area contributed by atoms with Crippen LogP contribution in [0.15, 0.2) is 9.59 Å². The second-order valence-electron chi connectivity index (χ2n) is 4.89. The Morgan fingerprint density at radius 3 is 2.24 bits per heavy atom. The van der Waals surface area contributed by atoms with E-state index in [0.29, 0.717) is 0 Å². The van der Waals surface area contributed by atoms with Crippen molar-refractivity contribution < 1.29 is 9.53 Å². The zero-order valence-corrected chi connectivity index (χ0v) is 10.4. The number of ether oxygens (including phenoxy) is 1. The molecule has 0 atom stereocenters. The van der Waals surface area contributed by atoms with Crippen molar-refractivity contribution in [3.8, 4) is 0 Å². The first-order valence-corrected chi connectivity index (χ1v) is 5.15. The van der Waals surface area contributed by atoms with Crippen LogP contribution in [-0.4, -0.2) is 23.6 Å². The minimum atomic E-state index is -0.683. The van der Waals surface area contributed by atoms with Crippen LogP contribution in [0.4, 0.5) is 10.5 Å². The summed E-state index contributed by atoms with van der Waals surface area (Å²) in [6.45, 7) is 5.21. The van der Waals surface area contributed by atoms with Crippen LogP contribution in [0.2, 0.25) is 0 Å². The van der Waals surface area contributed by atoms with Crippen LogP contribution in [0.3, 0.4) is 0 Å². The molecule has 0 radical (unpaired) electrons. The molecule has 6 nitrogen and oxygen atoms in total. The van der Waals surface area contributed by atoms with Crippen molar-refractivity contribution in [2.24, 2.45) is 0 Å². The van der Waals surface area contributed by atoms with Crippen LogP contribution >= 0.6 is 0 Å². The molecule has 0 heterocycles. The van der Waals surface area contributed by atoms with Gasteiger partial charge in [0.1, 0.15) is 5.60 Å². The number of rotatable bonds is 2. The van der Waals surface area contributed by atoms with E-state index < -0.39 is 22.6 Å². The molecule has 17 heavy (non-hydrogen) atoms. The number of anilines is 1. The Bertz CT molecular complexity index is 506. The van der Waals surface area contributed by atoms with Crippen molar-refractivity contribution in [3.05, 3.63) is 26.0 Å². The van der Waals surface area contributed by atoms with Gasteiger partial charge in [-0.25, -0.2) is 4.79 Å². The Morgan fingerprint density at radius 1 is 1.29 bits per heavy atom. The maximum atomic E-state index is 11.6. The van der Waals surface area contributed by atoms with E-state index in [0.717, 1.165) is 0 Å². The molecule has 6 heteroatoms. The monoisotopic (exact) mass is 240 g/mol. The molecule has 2 N–H and O–H groups in total. The molecule has 0 saturated carbocycles. The molecule has 0 aliphatic carbocycles. The largest absolute Gasteiger partial charge is 0.444 e. The Kier molecular flexibility index (Phi) is 3.26. The second kappa shape index (κ2) is 4.20. The summed E-state index contributed by atoms with van der Waals surface area (Å²) in [5.41, 5.74) is 3.55. The molecule has 0 spiro atoms. The average molecular weight is 240 g/mol.